The van der Waals surface area contributed by atoms with Gasteiger partial charge in [0.25, 0.3) is 0 Å². The number of thioether (sulfide) groups is 1. The van der Waals surface area contributed by atoms with Gasteiger partial charge in [0.1, 0.15) is 17.3 Å². The van der Waals surface area contributed by atoms with Crippen molar-refractivity contribution in [2.24, 2.45) is 0 Å². The lowest BCUT2D eigenvalue weighted by Crippen LogP contribution is -2.43. The van der Waals surface area contributed by atoms with Gasteiger partial charge < -0.3 is 15.0 Å². The van der Waals surface area contributed by atoms with E-state index < -0.39 is 23.4 Å². The van der Waals surface area contributed by atoms with Crippen LogP contribution in [-0.2, 0) is 11.3 Å². The van der Waals surface area contributed by atoms with Crippen LogP contribution in [0.3, 0.4) is 0 Å². The van der Waals surface area contributed by atoms with Gasteiger partial charge in [0, 0.05) is 18.6 Å². The molecule has 2 amide bonds. The third-order valence-electron chi connectivity index (χ3n) is 3.91. The monoisotopic (exact) mass is 380 g/mol. The van der Waals surface area contributed by atoms with Crippen molar-refractivity contribution in [2.45, 2.75) is 24.4 Å². The second-order valence-corrected chi connectivity index (χ2v) is 6.69. The fourth-order valence-corrected chi connectivity index (χ4v) is 2.89. The Morgan fingerprint density at radius 2 is 1.81 bits per heavy atom. The van der Waals surface area contributed by atoms with Gasteiger partial charge in [-0.2, -0.15) is 0 Å². The molecule has 0 spiro atoms. The van der Waals surface area contributed by atoms with Gasteiger partial charge in [-0.05, 0) is 43.0 Å². The highest BCUT2D eigenvalue weighted by atomic mass is 32.2. The van der Waals surface area contributed by atoms with E-state index in [0.29, 0.717) is 13.2 Å². The van der Waals surface area contributed by atoms with Crippen molar-refractivity contribution in [3.63, 3.8) is 0 Å². The number of carbonyl (C=O) groups is 1. The first kappa shape index (κ1) is 20.2. The number of rotatable bonds is 7. The van der Waals surface area contributed by atoms with Crippen molar-refractivity contribution in [3.05, 3.63) is 59.7 Å². The molecule has 26 heavy (non-hydrogen) atoms. The summed E-state index contributed by atoms with van der Waals surface area (Å²) in [6, 6.07) is 10.4. The molecular formula is C19H22F2N2O2S. The predicted octanol–water partition coefficient (Wildman–Crippen LogP) is 4.76. The Bertz CT molecular complexity index is 721. The van der Waals surface area contributed by atoms with Crippen molar-refractivity contribution in [1.82, 2.24) is 4.90 Å². The van der Waals surface area contributed by atoms with Crippen LogP contribution in [0.25, 0.3) is 0 Å². The van der Waals surface area contributed by atoms with Gasteiger partial charge in [0.15, 0.2) is 0 Å². The zero-order valence-electron chi connectivity index (χ0n) is 15.0. The molecule has 0 aliphatic heterocycles. The molecule has 4 nitrogen and oxygen atoms in total. The molecule has 0 radical (unpaired) electrons. The van der Waals surface area contributed by atoms with E-state index in [1.807, 2.05) is 37.4 Å². The number of hydrogen-bond acceptors (Lipinski definition) is 3. The van der Waals surface area contributed by atoms with Crippen LogP contribution >= 0.6 is 11.8 Å². The standard InChI is InChI=1S/C19H22F2N2O2S/c1-13(12-25-2)23(11-14-7-9-15(26-3)10-8-14)19(24)22-18-16(20)5-4-6-17(18)21/h4-10,13H,11-12H2,1-3H3,(H,22,24)/t13-/m1/s1. The van der Waals surface area contributed by atoms with Gasteiger partial charge in [-0.25, -0.2) is 13.6 Å². The largest absolute Gasteiger partial charge is 0.383 e. The van der Waals surface area contributed by atoms with E-state index in [1.165, 1.54) is 18.1 Å². The molecule has 2 aromatic rings. The highest BCUT2D eigenvalue weighted by Crippen LogP contribution is 2.21. The quantitative estimate of drug-likeness (QED) is 0.705. The van der Waals surface area contributed by atoms with Crippen molar-refractivity contribution in [3.8, 4) is 0 Å². The number of nitrogens with one attached hydrogen (secondary N) is 1. The first-order valence-corrected chi connectivity index (χ1v) is 9.32. The highest BCUT2D eigenvalue weighted by Gasteiger charge is 2.22. The molecule has 7 heteroatoms. The third-order valence-corrected chi connectivity index (χ3v) is 4.65. The minimum Gasteiger partial charge on any atom is -0.383 e. The van der Waals surface area contributed by atoms with Crippen LogP contribution in [0.15, 0.2) is 47.4 Å². The number of para-hydroxylation sites is 1. The number of halogens is 2. The minimum atomic E-state index is -0.818. The summed E-state index contributed by atoms with van der Waals surface area (Å²) in [6.07, 6.45) is 1.98. The second-order valence-electron chi connectivity index (χ2n) is 5.81. The van der Waals surface area contributed by atoms with Crippen LogP contribution in [0.1, 0.15) is 12.5 Å². The number of urea groups is 1. The fourth-order valence-electron chi connectivity index (χ4n) is 2.48. The van der Waals surface area contributed by atoms with Crippen LogP contribution < -0.4 is 5.32 Å². The number of benzene rings is 2. The Labute approximate surface area is 156 Å². The fraction of sp³-hybridized carbons (Fsp3) is 0.316. The zero-order chi connectivity index (χ0) is 19.1. The SMILES string of the molecule is COC[C@@H](C)N(Cc1ccc(SC)cc1)C(=O)Nc1c(F)cccc1F. The van der Waals surface area contributed by atoms with Gasteiger partial charge in [-0.15, -0.1) is 11.8 Å². The third kappa shape index (κ3) is 5.19. The minimum absolute atomic E-state index is 0.282. The molecular weight excluding hydrogens is 358 g/mol. The molecule has 0 aromatic heterocycles. The van der Waals surface area contributed by atoms with Gasteiger partial charge in [-0.3, -0.25) is 0 Å². The molecule has 0 unspecified atom stereocenters. The van der Waals surface area contributed by atoms with E-state index in [1.54, 1.807) is 11.8 Å². The molecule has 0 heterocycles. The lowest BCUT2D eigenvalue weighted by molar-refractivity contribution is 0.113. The summed E-state index contributed by atoms with van der Waals surface area (Å²) in [6.45, 7) is 2.41. The molecule has 2 rings (SSSR count). The number of amides is 2. The second kappa shape index (κ2) is 9.54. The number of ether oxygens (including phenoxy) is 1. The molecule has 1 atom stereocenters. The Balaban J connectivity index is 2.21. The summed E-state index contributed by atoms with van der Waals surface area (Å²) >= 11 is 1.63. The smallest absolute Gasteiger partial charge is 0.322 e. The van der Waals surface area contributed by atoms with E-state index in [9.17, 15) is 13.6 Å². The molecule has 0 fully saturated rings. The van der Waals surface area contributed by atoms with Crippen molar-refractivity contribution < 1.29 is 18.3 Å². The highest BCUT2D eigenvalue weighted by molar-refractivity contribution is 7.98. The summed E-state index contributed by atoms with van der Waals surface area (Å²) in [5.74, 6) is -1.64. The Morgan fingerprint density at radius 3 is 2.35 bits per heavy atom. The molecule has 0 saturated heterocycles. The van der Waals surface area contributed by atoms with Gasteiger partial charge >= 0.3 is 6.03 Å². The Morgan fingerprint density at radius 1 is 1.19 bits per heavy atom. The molecule has 2 aromatic carbocycles. The van der Waals surface area contributed by atoms with Crippen LogP contribution in [0.5, 0.6) is 0 Å². The van der Waals surface area contributed by atoms with Crippen molar-refractivity contribution >= 4 is 23.5 Å². The topological polar surface area (TPSA) is 41.6 Å². The summed E-state index contributed by atoms with van der Waals surface area (Å²) in [7, 11) is 1.54. The van der Waals surface area contributed by atoms with Gasteiger partial charge in [0.05, 0.1) is 12.6 Å². The first-order chi connectivity index (χ1) is 12.5. The molecule has 0 saturated carbocycles. The number of carbonyl (C=O) groups excluding carboxylic acids is 1. The summed E-state index contributed by atoms with van der Waals surface area (Å²) < 4.78 is 32.8. The van der Waals surface area contributed by atoms with Gasteiger partial charge in [0.2, 0.25) is 0 Å². The van der Waals surface area contributed by atoms with Crippen LogP contribution in [-0.4, -0.2) is 36.9 Å². The molecule has 0 aliphatic carbocycles. The first-order valence-electron chi connectivity index (χ1n) is 8.09. The van der Waals surface area contributed by atoms with E-state index in [0.717, 1.165) is 22.6 Å². The maximum atomic E-state index is 13.8. The normalized spacial score (nSPS) is 11.9. The number of methoxy groups -OCH3 is 1. The summed E-state index contributed by atoms with van der Waals surface area (Å²) in [5.41, 5.74) is 0.458. The van der Waals surface area contributed by atoms with Crippen LogP contribution in [0, 0.1) is 11.6 Å². The molecule has 140 valence electrons. The van der Waals surface area contributed by atoms with E-state index in [-0.39, 0.29) is 6.04 Å². The Hall–Kier alpha value is -2.12. The lowest BCUT2D eigenvalue weighted by Gasteiger charge is -2.29. The van der Waals surface area contributed by atoms with E-state index >= 15 is 0 Å². The zero-order valence-corrected chi connectivity index (χ0v) is 15.8. The van der Waals surface area contributed by atoms with Crippen LogP contribution in [0.2, 0.25) is 0 Å². The molecule has 0 aliphatic rings. The number of nitrogens with zero attached hydrogens (tertiary/aromatic N) is 1. The van der Waals surface area contributed by atoms with E-state index in [2.05, 4.69) is 5.32 Å². The number of anilines is 1. The molecule has 1 N–H and O–H groups in total. The lowest BCUT2D eigenvalue weighted by atomic mass is 10.2. The Kier molecular flexibility index (Phi) is 7.41. The maximum Gasteiger partial charge on any atom is 0.322 e. The average molecular weight is 380 g/mol. The van der Waals surface area contributed by atoms with Gasteiger partial charge in [-0.1, -0.05) is 18.2 Å². The summed E-state index contributed by atoms with van der Waals surface area (Å²) in [4.78, 5) is 15.3. The van der Waals surface area contributed by atoms with Crippen molar-refractivity contribution in [2.75, 3.05) is 25.3 Å². The van der Waals surface area contributed by atoms with Crippen molar-refractivity contribution in [1.29, 1.82) is 0 Å². The summed E-state index contributed by atoms with van der Waals surface area (Å²) in [5, 5.41) is 2.34. The average Bonchev–Trinajstić information content (AvgIpc) is 2.63. The number of hydrogen-bond donors (Lipinski definition) is 1. The van der Waals surface area contributed by atoms with E-state index in [4.69, 9.17) is 4.74 Å². The molecule has 0 bridgehead atoms. The van der Waals surface area contributed by atoms with Crippen LogP contribution in [0.4, 0.5) is 19.3 Å². The maximum absolute atomic E-state index is 13.8. The predicted molar refractivity (Wildman–Crippen MR) is 100 cm³/mol.